The Kier molecular flexibility index (Phi) is 3.98. The van der Waals surface area contributed by atoms with Gasteiger partial charge in [0.2, 0.25) is 8.03 Å². The molecule has 1 atom stereocenters. The summed E-state index contributed by atoms with van der Waals surface area (Å²) in [5.41, 5.74) is 1.21. The van der Waals surface area contributed by atoms with Crippen LogP contribution in [-0.2, 0) is 14.8 Å². The molecule has 0 amide bonds. The van der Waals surface area contributed by atoms with E-state index in [0.717, 1.165) is 0 Å². The molecule has 13 heavy (non-hydrogen) atoms. The predicted octanol–water partition coefficient (Wildman–Crippen LogP) is 2.70. The fourth-order valence-electron chi connectivity index (χ4n) is 0.966. The number of nitriles is 1. The van der Waals surface area contributed by atoms with Crippen molar-refractivity contribution < 1.29 is 8.64 Å². The van der Waals surface area contributed by atoms with E-state index < -0.39 is 8.03 Å². The largest absolute Gasteiger partial charge is 0.294 e. The standard InChI is InChI=1S/C8H7ClNO2P/c9-12-13(11)6-8-4-2-1-3-7(8)5-10/h1-4,13H,6H2. The number of halogens is 1. The summed E-state index contributed by atoms with van der Waals surface area (Å²) in [5.74, 6) is 0. The van der Waals surface area contributed by atoms with Crippen LogP contribution in [0, 0.1) is 11.3 Å². The quantitative estimate of drug-likeness (QED) is 0.729. The van der Waals surface area contributed by atoms with Crippen molar-refractivity contribution >= 4 is 19.9 Å². The smallest absolute Gasteiger partial charge is 0.214 e. The zero-order chi connectivity index (χ0) is 9.68. The number of benzene rings is 1. The van der Waals surface area contributed by atoms with Crippen LogP contribution in [0.4, 0.5) is 0 Å². The van der Waals surface area contributed by atoms with Crippen LogP contribution >= 0.6 is 19.9 Å². The molecule has 1 aromatic carbocycles. The molecule has 0 heterocycles. The minimum absolute atomic E-state index is 0.206. The van der Waals surface area contributed by atoms with Gasteiger partial charge in [0.25, 0.3) is 0 Å². The van der Waals surface area contributed by atoms with Crippen molar-refractivity contribution in [2.75, 3.05) is 0 Å². The van der Waals surface area contributed by atoms with Crippen LogP contribution in [-0.4, -0.2) is 0 Å². The number of nitrogens with zero attached hydrogens (tertiary/aromatic N) is 1. The van der Waals surface area contributed by atoms with Crippen molar-refractivity contribution in [2.24, 2.45) is 0 Å². The molecule has 0 spiro atoms. The van der Waals surface area contributed by atoms with Crippen molar-refractivity contribution in [3.63, 3.8) is 0 Å². The average molecular weight is 216 g/mol. The lowest BCUT2D eigenvalue weighted by molar-refractivity contribution is 0.525. The van der Waals surface area contributed by atoms with E-state index in [-0.39, 0.29) is 6.16 Å². The molecule has 5 heteroatoms. The minimum Gasteiger partial charge on any atom is -0.294 e. The van der Waals surface area contributed by atoms with Gasteiger partial charge in [-0.05, 0) is 11.6 Å². The topological polar surface area (TPSA) is 50.1 Å². The second kappa shape index (κ2) is 5.04. The zero-order valence-corrected chi connectivity index (χ0v) is 8.41. The Hall–Kier alpha value is -0.810. The number of hydrogen-bond acceptors (Lipinski definition) is 3. The lowest BCUT2D eigenvalue weighted by Crippen LogP contribution is -1.85. The summed E-state index contributed by atoms with van der Waals surface area (Å²) in [6, 6.07) is 8.93. The van der Waals surface area contributed by atoms with Crippen LogP contribution in [0.25, 0.3) is 0 Å². The lowest BCUT2D eigenvalue weighted by atomic mass is 10.1. The molecule has 1 rings (SSSR count). The van der Waals surface area contributed by atoms with Gasteiger partial charge in [-0.3, -0.25) is 4.57 Å². The molecule has 68 valence electrons. The van der Waals surface area contributed by atoms with Gasteiger partial charge in [0.15, 0.2) is 0 Å². The Morgan fingerprint density at radius 3 is 2.85 bits per heavy atom. The highest BCUT2D eigenvalue weighted by Crippen LogP contribution is 2.30. The molecule has 0 saturated carbocycles. The highest BCUT2D eigenvalue weighted by Gasteiger charge is 2.05. The Morgan fingerprint density at radius 1 is 1.54 bits per heavy atom. The Morgan fingerprint density at radius 2 is 2.23 bits per heavy atom. The molecule has 0 aliphatic carbocycles. The summed E-state index contributed by atoms with van der Waals surface area (Å²) < 4.78 is 15.1. The molecule has 0 saturated heterocycles. The fourth-order valence-corrected chi connectivity index (χ4v) is 1.80. The number of hydrogen-bond donors (Lipinski definition) is 0. The van der Waals surface area contributed by atoms with Crippen LogP contribution in [0.5, 0.6) is 0 Å². The van der Waals surface area contributed by atoms with Gasteiger partial charge >= 0.3 is 0 Å². The van der Waals surface area contributed by atoms with Gasteiger partial charge in [-0.1, -0.05) is 18.2 Å². The predicted molar refractivity (Wildman–Crippen MR) is 50.8 cm³/mol. The van der Waals surface area contributed by atoms with E-state index in [1.807, 2.05) is 6.07 Å². The normalized spacial score (nSPS) is 12.0. The van der Waals surface area contributed by atoms with E-state index in [4.69, 9.17) is 17.1 Å². The monoisotopic (exact) mass is 215 g/mol. The van der Waals surface area contributed by atoms with Crippen LogP contribution in [0.3, 0.4) is 0 Å². The summed E-state index contributed by atoms with van der Waals surface area (Å²) in [4.78, 5) is 0. The maximum absolute atomic E-state index is 11.0. The van der Waals surface area contributed by atoms with E-state index in [9.17, 15) is 4.57 Å². The van der Waals surface area contributed by atoms with E-state index >= 15 is 0 Å². The van der Waals surface area contributed by atoms with Crippen molar-refractivity contribution in [1.82, 2.24) is 0 Å². The van der Waals surface area contributed by atoms with E-state index in [1.54, 1.807) is 24.3 Å². The third-order valence-corrected chi connectivity index (χ3v) is 2.92. The maximum Gasteiger partial charge on any atom is 0.214 e. The Bertz CT molecular complexity index is 361. The second-order valence-corrected chi connectivity index (χ2v) is 4.11. The Balaban J connectivity index is 2.89. The molecular formula is C8H7ClNO2P. The first-order valence-electron chi connectivity index (χ1n) is 3.57. The molecule has 0 aliphatic rings. The molecule has 0 aromatic heterocycles. The van der Waals surface area contributed by atoms with Crippen LogP contribution in [0.2, 0.25) is 0 Å². The van der Waals surface area contributed by atoms with Gasteiger partial charge in [-0.15, -0.1) is 0 Å². The summed E-state index contributed by atoms with van der Waals surface area (Å²) in [7, 11) is -2.25. The summed E-state index contributed by atoms with van der Waals surface area (Å²) in [6.45, 7) is 0. The van der Waals surface area contributed by atoms with Gasteiger partial charge in [-0.25, -0.2) is 4.08 Å². The average Bonchev–Trinajstić information content (AvgIpc) is 2.18. The van der Waals surface area contributed by atoms with Crippen LogP contribution in [0.1, 0.15) is 11.1 Å². The highest BCUT2D eigenvalue weighted by molar-refractivity contribution is 7.39. The minimum atomic E-state index is -2.25. The highest BCUT2D eigenvalue weighted by atomic mass is 35.5. The SMILES string of the molecule is N#Cc1ccccc1C[PH](=O)OCl. The van der Waals surface area contributed by atoms with Crippen molar-refractivity contribution in [2.45, 2.75) is 6.16 Å². The molecule has 0 radical (unpaired) electrons. The van der Waals surface area contributed by atoms with Gasteiger partial charge in [0.1, 0.15) is 0 Å². The van der Waals surface area contributed by atoms with Gasteiger partial charge in [-0.2, -0.15) is 5.26 Å². The molecule has 0 aliphatic heterocycles. The molecular weight excluding hydrogens is 209 g/mol. The second-order valence-electron chi connectivity index (χ2n) is 2.39. The number of rotatable bonds is 3. The lowest BCUT2D eigenvalue weighted by Gasteiger charge is -2.00. The Labute approximate surface area is 81.9 Å². The van der Waals surface area contributed by atoms with E-state index in [0.29, 0.717) is 11.1 Å². The first-order valence-corrected chi connectivity index (χ1v) is 5.40. The first-order chi connectivity index (χ1) is 6.27. The summed E-state index contributed by atoms with van der Waals surface area (Å²) in [6.07, 6.45) is 0.206. The maximum atomic E-state index is 11.0. The molecule has 0 fully saturated rings. The van der Waals surface area contributed by atoms with Crippen molar-refractivity contribution in [3.05, 3.63) is 35.4 Å². The third kappa shape index (κ3) is 2.86. The molecule has 1 unspecified atom stereocenters. The first kappa shape index (κ1) is 10.3. The van der Waals surface area contributed by atoms with Crippen LogP contribution < -0.4 is 0 Å². The van der Waals surface area contributed by atoms with Crippen LogP contribution in [0.15, 0.2) is 24.3 Å². The van der Waals surface area contributed by atoms with Gasteiger partial charge in [0, 0.05) is 6.16 Å². The zero-order valence-electron chi connectivity index (χ0n) is 6.66. The van der Waals surface area contributed by atoms with Gasteiger partial charge < -0.3 is 0 Å². The summed E-state index contributed by atoms with van der Waals surface area (Å²) >= 11 is 4.95. The van der Waals surface area contributed by atoms with Crippen molar-refractivity contribution in [3.8, 4) is 6.07 Å². The molecule has 1 aromatic rings. The van der Waals surface area contributed by atoms with E-state index in [1.165, 1.54) is 0 Å². The summed E-state index contributed by atoms with van der Waals surface area (Å²) in [5, 5.41) is 8.69. The molecule has 0 N–H and O–H groups in total. The van der Waals surface area contributed by atoms with E-state index in [2.05, 4.69) is 4.08 Å². The molecule has 0 bridgehead atoms. The fraction of sp³-hybridized carbons (Fsp3) is 0.125. The van der Waals surface area contributed by atoms with Crippen molar-refractivity contribution in [1.29, 1.82) is 5.26 Å². The molecule has 3 nitrogen and oxygen atoms in total. The van der Waals surface area contributed by atoms with Gasteiger partial charge in [0.05, 0.1) is 23.5 Å². The third-order valence-electron chi connectivity index (χ3n) is 1.56.